The van der Waals surface area contributed by atoms with Gasteiger partial charge in [-0.05, 0) is 33.0 Å². The molecule has 1 unspecified atom stereocenters. The minimum atomic E-state index is 0.147. The lowest BCUT2D eigenvalue weighted by molar-refractivity contribution is 0.0637. The third kappa shape index (κ3) is 2.31. The lowest BCUT2D eigenvalue weighted by Gasteiger charge is -2.36. The fourth-order valence-corrected chi connectivity index (χ4v) is 2.98. The van der Waals surface area contributed by atoms with Crippen molar-refractivity contribution >= 4 is 16.8 Å². The Morgan fingerprint density at radius 1 is 1.35 bits per heavy atom. The zero-order valence-corrected chi connectivity index (χ0v) is 12.1. The number of amides is 1. The lowest BCUT2D eigenvalue weighted by Crippen LogP contribution is -2.47. The van der Waals surface area contributed by atoms with Crippen LogP contribution in [0.2, 0.25) is 0 Å². The molecule has 1 aliphatic heterocycles. The predicted molar refractivity (Wildman–Crippen MR) is 80.9 cm³/mol. The maximum absolute atomic E-state index is 12.7. The average Bonchev–Trinajstić information content (AvgIpc) is 2.90. The van der Waals surface area contributed by atoms with Gasteiger partial charge in [0.1, 0.15) is 0 Å². The summed E-state index contributed by atoms with van der Waals surface area (Å²) < 4.78 is 0. The van der Waals surface area contributed by atoms with Crippen molar-refractivity contribution in [2.45, 2.75) is 18.9 Å². The fourth-order valence-electron chi connectivity index (χ4n) is 2.98. The highest BCUT2D eigenvalue weighted by atomic mass is 16.2. The molecule has 1 atom stereocenters. The number of rotatable bonds is 2. The van der Waals surface area contributed by atoms with Crippen LogP contribution in [0.15, 0.2) is 30.5 Å². The number of likely N-dealkylation sites (N-methyl/N-ethyl adjacent to an activating group) is 1. The molecule has 1 aromatic heterocycles. The Bertz CT molecular complexity index is 617. The van der Waals surface area contributed by atoms with E-state index in [-0.39, 0.29) is 5.91 Å². The molecule has 0 aliphatic carbocycles. The second-order valence-electron chi connectivity index (χ2n) is 5.76. The molecule has 1 N–H and O–H groups in total. The van der Waals surface area contributed by atoms with Gasteiger partial charge in [-0.15, -0.1) is 0 Å². The molecule has 1 aromatic carbocycles. The van der Waals surface area contributed by atoms with Gasteiger partial charge >= 0.3 is 0 Å². The van der Waals surface area contributed by atoms with Crippen LogP contribution < -0.4 is 0 Å². The first-order chi connectivity index (χ1) is 9.66. The maximum Gasteiger partial charge on any atom is 0.256 e. The number of hydrogen-bond acceptors (Lipinski definition) is 2. The number of likely N-dealkylation sites (tertiary alicyclic amines) is 1. The van der Waals surface area contributed by atoms with Crippen LogP contribution in [0, 0.1) is 0 Å². The van der Waals surface area contributed by atoms with Crippen molar-refractivity contribution in [2.24, 2.45) is 0 Å². The van der Waals surface area contributed by atoms with Crippen LogP contribution in [0.1, 0.15) is 23.2 Å². The number of carbonyl (C=O) groups excluding carboxylic acids is 1. The van der Waals surface area contributed by atoms with Crippen LogP contribution in [0.25, 0.3) is 10.9 Å². The number of carbonyl (C=O) groups is 1. The van der Waals surface area contributed by atoms with Crippen LogP contribution in [-0.2, 0) is 0 Å². The van der Waals surface area contributed by atoms with Gasteiger partial charge in [-0.25, -0.2) is 0 Å². The molecule has 0 spiro atoms. The van der Waals surface area contributed by atoms with Crippen LogP contribution in [0.3, 0.4) is 0 Å². The van der Waals surface area contributed by atoms with E-state index in [1.165, 1.54) is 6.42 Å². The van der Waals surface area contributed by atoms with Crippen molar-refractivity contribution < 1.29 is 4.79 Å². The molecule has 20 heavy (non-hydrogen) atoms. The van der Waals surface area contributed by atoms with Gasteiger partial charge in [0, 0.05) is 36.2 Å². The van der Waals surface area contributed by atoms with E-state index in [0.717, 1.165) is 36.0 Å². The van der Waals surface area contributed by atoms with E-state index < -0.39 is 0 Å². The highest BCUT2D eigenvalue weighted by Gasteiger charge is 2.26. The molecule has 2 aromatic rings. The first-order valence-electron chi connectivity index (χ1n) is 7.18. The van der Waals surface area contributed by atoms with Crippen molar-refractivity contribution in [2.75, 3.05) is 27.2 Å². The Balaban J connectivity index is 1.85. The Morgan fingerprint density at radius 3 is 2.95 bits per heavy atom. The normalized spacial score (nSPS) is 19.8. The quantitative estimate of drug-likeness (QED) is 0.910. The Hall–Kier alpha value is -1.81. The topological polar surface area (TPSA) is 39.3 Å². The van der Waals surface area contributed by atoms with E-state index in [9.17, 15) is 4.79 Å². The molecule has 0 saturated carbocycles. The Kier molecular flexibility index (Phi) is 3.49. The minimum Gasteiger partial charge on any atom is -0.360 e. The summed E-state index contributed by atoms with van der Waals surface area (Å²) in [5.74, 6) is 0.147. The van der Waals surface area contributed by atoms with Gasteiger partial charge in [0.15, 0.2) is 0 Å². The smallest absolute Gasteiger partial charge is 0.256 e. The highest BCUT2D eigenvalue weighted by molar-refractivity contribution is 6.06. The highest BCUT2D eigenvalue weighted by Crippen LogP contribution is 2.22. The molecule has 1 saturated heterocycles. The van der Waals surface area contributed by atoms with Gasteiger partial charge in [0.05, 0.1) is 5.56 Å². The SMILES string of the molecule is CN(C)C1CCCN(C(=O)c2c[nH]c3ccccc23)C1. The number of para-hydroxylation sites is 1. The summed E-state index contributed by atoms with van der Waals surface area (Å²) in [7, 11) is 4.18. The fraction of sp³-hybridized carbons (Fsp3) is 0.438. The number of hydrogen-bond donors (Lipinski definition) is 1. The number of aromatic amines is 1. The van der Waals surface area contributed by atoms with Gasteiger partial charge in [0.25, 0.3) is 5.91 Å². The van der Waals surface area contributed by atoms with E-state index in [0.29, 0.717) is 6.04 Å². The molecule has 2 heterocycles. The van der Waals surface area contributed by atoms with E-state index in [1.54, 1.807) is 0 Å². The minimum absolute atomic E-state index is 0.147. The van der Waals surface area contributed by atoms with Gasteiger partial charge in [-0.2, -0.15) is 0 Å². The summed E-state index contributed by atoms with van der Waals surface area (Å²) >= 11 is 0. The number of H-pyrrole nitrogens is 1. The third-order valence-electron chi connectivity index (χ3n) is 4.23. The molecule has 3 rings (SSSR count). The summed E-state index contributed by atoms with van der Waals surface area (Å²) in [6, 6.07) is 8.44. The standard InChI is InChI=1S/C16H21N3O/c1-18(2)12-6-5-9-19(11-12)16(20)14-10-17-15-8-4-3-7-13(14)15/h3-4,7-8,10,12,17H,5-6,9,11H2,1-2H3. The number of benzene rings is 1. The zero-order valence-electron chi connectivity index (χ0n) is 12.1. The molecular formula is C16H21N3O. The van der Waals surface area contributed by atoms with Gasteiger partial charge in [-0.3, -0.25) is 4.79 Å². The average molecular weight is 271 g/mol. The van der Waals surface area contributed by atoms with Crippen molar-refractivity contribution in [3.8, 4) is 0 Å². The summed E-state index contributed by atoms with van der Waals surface area (Å²) in [6.45, 7) is 1.69. The van der Waals surface area contributed by atoms with Crippen molar-refractivity contribution in [1.82, 2.24) is 14.8 Å². The first kappa shape index (κ1) is 13.2. The van der Waals surface area contributed by atoms with Crippen molar-refractivity contribution in [1.29, 1.82) is 0 Å². The van der Waals surface area contributed by atoms with Crippen molar-refractivity contribution in [3.63, 3.8) is 0 Å². The molecule has 4 heteroatoms. The number of nitrogens with zero attached hydrogens (tertiary/aromatic N) is 2. The molecule has 1 amide bonds. The largest absolute Gasteiger partial charge is 0.360 e. The molecule has 106 valence electrons. The number of fused-ring (bicyclic) bond motifs is 1. The molecule has 4 nitrogen and oxygen atoms in total. The maximum atomic E-state index is 12.7. The predicted octanol–water partition coefficient (Wildman–Crippen LogP) is 2.33. The summed E-state index contributed by atoms with van der Waals surface area (Å²) in [4.78, 5) is 20.1. The van der Waals surface area contributed by atoms with Crippen molar-refractivity contribution in [3.05, 3.63) is 36.0 Å². The summed E-state index contributed by atoms with van der Waals surface area (Å²) in [5.41, 5.74) is 1.82. The number of piperidine rings is 1. The second-order valence-corrected chi connectivity index (χ2v) is 5.76. The van der Waals surface area contributed by atoms with E-state index in [4.69, 9.17) is 0 Å². The molecule has 1 fully saturated rings. The van der Waals surface area contributed by atoms with E-state index >= 15 is 0 Å². The van der Waals surface area contributed by atoms with Gasteiger partial charge < -0.3 is 14.8 Å². The van der Waals surface area contributed by atoms with Crippen LogP contribution in [0.5, 0.6) is 0 Å². The summed E-state index contributed by atoms with van der Waals surface area (Å²) in [6.07, 6.45) is 4.09. The molecule has 1 aliphatic rings. The Labute approximate surface area is 119 Å². The Morgan fingerprint density at radius 2 is 2.15 bits per heavy atom. The van der Waals surface area contributed by atoms with Crippen LogP contribution in [-0.4, -0.2) is 53.9 Å². The second kappa shape index (κ2) is 5.29. The molecule has 0 radical (unpaired) electrons. The zero-order chi connectivity index (χ0) is 14.1. The third-order valence-corrected chi connectivity index (χ3v) is 4.23. The van der Waals surface area contributed by atoms with E-state index in [2.05, 4.69) is 24.0 Å². The monoisotopic (exact) mass is 271 g/mol. The lowest BCUT2D eigenvalue weighted by atomic mass is 10.0. The summed E-state index contributed by atoms with van der Waals surface area (Å²) in [5, 5.41) is 1.02. The van der Waals surface area contributed by atoms with Crippen LogP contribution >= 0.6 is 0 Å². The van der Waals surface area contributed by atoms with E-state index in [1.807, 2.05) is 35.4 Å². The van der Waals surface area contributed by atoms with Gasteiger partial charge in [0.2, 0.25) is 0 Å². The molecule has 0 bridgehead atoms. The van der Waals surface area contributed by atoms with Gasteiger partial charge in [-0.1, -0.05) is 18.2 Å². The first-order valence-corrected chi connectivity index (χ1v) is 7.18. The number of nitrogens with one attached hydrogen (secondary N) is 1. The van der Waals surface area contributed by atoms with Crippen LogP contribution in [0.4, 0.5) is 0 Å². The molecular weight excluding hydrogens is 250 g/mol. The number of aromatic nitrogens is 1.